The summed E-state index contributed by atoms with van der Waals surface area (Å²) in [6, 6.07) is 22.1. The zero-order chi connectivity index (χ0) is 17.2. The second-order valence-electron chi connectivity index (χ2n) is 5.54. The predicted molar refractivity (Wildman–Crippen MR) is 110 cm³/mol. The SMILES string of the molecule is Brc1cccc(/C=N/c2c(-c3cccc(Br)c3)nc3ccccn23)c1. The molecule has 0 aliphatic rings. The Kier molecular flexibility index (Phi) is 4.51. The van der Waals surface area contributed by atoms with E-state index in [1.165, 1.54) is 0 Å². The summed E-state index contributed by atoms with van der Waals surface area (Å²) in [7, 11) is 0. The summed E-state index contributed by atoms with van der Waals surface area (Å²) in [5.41, 5.74) is 3.79. The van der Waals surface area contributed by atoms with E-state index in [0.717, 1.165) is 37.2 Å². The summed E-state index contributed by atoms with van der Waals surface area (Å²) >= 11 is 7.03. The maximum absolute atomic E-state index is 4.77. The van der Waals surface area contributed by atoms with E-state index in [9.17, 15) is 0 Å². The molecule has 0 atom stereocenters. The molecule has 0 aliphatic heterocycles. The van der Waals surface area contributed by atoms with Crippen molar-refractivity contribution in [1.82, 2.24) is 9.38 Å². The van der Waals surface area contributed by atoms with E-state index in [-0.39, 0.29) is 0 Å². The fourth-order valence-corrected chi connectivity index (χ4v) is 3.47. The molecule has 0 aliphatic carbocycles. The molecule has 0 radical (unpaired) electrons. The zero-order valence-electron chi connectivity index (χ0n) is 13.1. The number of nitrogens with zero attached hydrogens (tertiary/aromatic N) is 3. The lowest BCUT2D eigenvalue weighted by Crippen LogP contribution is -1.85. The monoisotopic (exact) mass is 453 g/mol. The highest BCUT2D eigenvalue weighted by molar-refractivity contribution is 9.10. The highest BCUT2D eigenvalue weighted by Gasteiger charge is 2.13. The van der Waals surface area contributed by atoms with Crippen LogP contribution in [0, 0.1) is 0 Å². The van der Waals surface area contributed by atoms with Gasteiger partial charge in [-0.15, -0.1) is 0 Å². The van der Waals surface area contributed by atoms with Gasteiger partial charge in [-0.3, -0.25) is 4.40 Å². The van der Waals surface area contributed by atoms with Crippen LogP contribution in [0.25, 0.3) is 16.9 Å². The average molecular weight is 455 g/mol. The molecular weight excluding hydrogens is 442 g/mol. The van der Waals surface area contributed by atoms with Crippen LogP contribution in [0.15, 0.2) is 86.9 Å². The van der Waals surface area contributed by atoms with Gasteiger partial charge in [0.05, 0.1) is 0 Å². The minimum absolute atomic E-state index is 0.814. The van der Waals surface area contributed by atoms with Gasteiger partial charge in [0, 0.05) is 26.9 Å². The third-order valence-corrected chi connectivity index (χ3v) is 4.77. The number of rotatable bonds is 3. The second-order valence-corrected chi connectivity index (χ2v) is 7.37. The maximum atomic E-state index is 4.77. The van der Waals surface area contributed by atoms with E-state index in [2.05, 4.69) is 37.9 Å². The van der Waals surface area contributed by atoms with E-state index in [0.29, 0.717) is 0 Å². The van der Waals surface area contributed by atoms with Gasteiger partial charge in [-0.25, -0.2) is 9.98 Å². The van der Waals surface area contributed by atoms with Crippen molar-refractivity contribution in [3.05, 3.63) is 87.4 Å². The summed E-state index contributed by atoms with van der Waals surface area (Å²) in [5, 5.41) is 0. The molecule has 0 fully saturated rings. The highest BCUT2D eigenvalue weighted by atomic mass is 79.9. The average Bonchev–Trinajstić information content (AvgIpc) is 2.99. The molecule has 0 unspecified atom stereocenters. The number of pyridine rings is 1. The number of hydrogen-bond acceptors (Lipinski definition) is 2. The van der Waals surface area contributed by atoms with Crippen LogP contribution in [-0.2, 0) is 0 Å². The molecule has 2 aromatic heterocycles. The largest absolute Gasteiger partial charge is 0.284 e. The molecule has 0 saturated heterocycles. The Balaban J connectivity index is 1.88. The van der Waals surface area contributed by atoms with Crippen molar-refractivity contribution in [3.63, 3.8) is 0 Å². The van der Waals surface area contributed by atoms with E-state index in [1.807, 2.05) is 77.5 Å². The Morgan fingerprint density at radius 3 is 2.48 bits per heavy atom. The first-order chi connectivity index (χ1) is 12.2. The number of aromatic nitrogens is 2. The van der Waals surface area contributed by atoms with Gasteiger partial charge >= 0.3 is 0 Å². The molecule has 4 aromatic rings. The number of fused-ring (bicyclic) bond motifs is 1. The van der Waals surface area contributed by atoms with Crippen LogP contribution in [0.4, 0.5) is 5.82 Å². The first-order valence-corrected chi connectivity index (χ1v) is 9.32. The third-order valence-electron chi connectivity index (χ3n) is 3.79. The van der Waals surface area contributed by atoms with Crippen LogP contribution in [0.3, 0.4) is 0 Å². The number of aliphatic imine (C=N–C) groups is 1. The van der Waals surface area contributed by atoms with Crippen LogP contribution >= 0.6 is 31.9 Å². The summed E-state index contributed by atoms with van der Waals surface area (Å²) in [6.45, 7) is 0. The lowest BCUT2D eigenvalue weighted by molar-refractivity contribution is 1.17. The van der Waals surface area contributed by atoms with Gasteiger partial charge in [0.2, 0.25) is 0 Å². The van der Waals surface area contributed by atoms with Crippen LogP contribution in [-0.4, -0.2) is 15.6 Å². The Morgan fingerprint density at radius 1 is 0.880 bits per heavy atom. The summed E-state index contributed by atoms with van der Waals surface area (Å²) in [4.78, 5) is 9.52. The lowest BCUT2D eigenvalue weighted by atomic mass is 10.1. The summed E-state index contributed by atoms with van der Waals surface area (Å²) < 4.78 is 4.05. The van der Waals surface area contributed by atoms with Gasteiger partial charge in [0.1, 0.15) is 11.3 Å². The molecule has 0 N–H and O–H groups in total. The normalized spacial score (nSPS) is 11.4. The predicted octanol–water partition coefficient (Wildman–Crippen LogP) is 6.28. The van der Waals surface area contributed by atoms with Crippen molar-refractivity contribution in [2.24, 2.45) is 4.99 Å². The summed E-state index contributed by atoms with van der Waals surface area (Å²) in [6.07, 6.45) is 3.85. The minimum Gasteiger partial charge on any atom is -0.284 e. The molecule has 122 valence electrons. The highest BCUT2D eigenvalue weighted by Crippen LogP contribution is 2.32. The first kappa shape index (κ1) is 16.2. The van der Waals surface area contributed by atoms with Gasteiger partial charge in [0.15, 0.2) is 5.82 Å². The van der Waals surface area contributed by atoms with Crippen LogP contribution in [0.5, 0.6) is 0 Å². The molecule has 0 saturated carbocycles. The molecule has 25 heavy (non-hydrogen) atoms. The van der Waals surface area contributed by atoms with Gasteiger partial charge in [0.25, 0.3) is 0 Å². The molecule has 2 heterocycles. The van der Waals surface area contributed by atoms with Gasteiger partial charge in [-0.05, 0) is 42.0 Å². The molecule has 3 nitrogen and oxygen atoms in total. The number of halogens is 2. The van der Waals surface area contributed by atoms with Crippen LogP contribution in [0.2, 0.25) is 0 Å². The Labute approximate surface area is 162 Å². The molecule has 4 rings (SSSR count). The van der Waals surface area contributed by atoms with Crippen molar-refractivity contribution in [2.75, 3.05) is 0 Å². The smallest absolute Gasteiger partial charge is 0.165 e. The van der Waals surface area contributed by atoms with Crippen molar-refractivity contribution in [1.29, 1.82) is 0 Å². The van der Waals surface area contributed by atoms with Crippen LogP contribution in [0.1, 0.15) is 5.56 Å². The maximum Gasteiger partial charge on any atom is 0.165 e. The number of imidazole rings is 1. The quantitative estimate of drug-likeness (QED) is 0.335. The van der Waals surface area contributed by atoms with Crippen molar-refractivity contribution in [2.45, 2.75) is 0 Å². The van der Waals surface area contributed by atoms with Gasteiger partial charge < -0.3 is 0 Å². The van der Waals surface area contributed by atoms with E-state index in [1.54, 1.807) is 0 Å². The van der Waals surface area contributed by atoms with Crippen molar-refractivity contribution < 1.29 is 0 Å². The number of hydrogen-bond donors (Lipinski definition) is 0. The fourth-order valence-electron chi connectivity index (χ4n) is 2.66. The fraction of sp³-hybridized carbons (Fsp3) is 0. The van der Waals surface area contributed by atoms with E-state index >= 15 is 0 Å². The molecule has 5 heteroatoms. The van der Waals surface area contributed by atoms with E-state index in [4.69, 9.17) is 9.98 Å². The van der Waals surface area contributed by atoms with E-state index < -0.39 is 0 Å². The molecular formula is C20H13Br2N3. The Morgan fingerprint density at radius 2 is 1.68 bits per heavy atom. The number of benzene rings is 2. The Hall–Kier alpha value is -2.24. The summed E-state index contributed by atoms with van der Waals surface area (Å²) in [5.74, 6) is 0.814. The molecule has 0 bridgehead atoms. The molecule has 0 spiro atoms. The second kappa shape index (κ2) is 6.94. The van der Waals surface area contributed by atoms with Gasteiger partial charge in [-0.2, -0.15) is 0 Å². The minimum atomic E-state index is 0.814. The zero-order valence-corrected chi connectivity index (χ0v) is 16.3. The van der Waals surface area contributed by atoms with Crippen molar-refractivity contribution in [3.8, 4) is 11.3 Å². The Bertz CT molecular complexity index is 1080. The standard InChI is InChI=1S/C20H13Br2N3/c21-16-7-3-5-14(11-16)13-23-20-19(15-6-4-8-17(22)12-15)24-18-9-1-2-10-25(18)20/h1-13H/b23-13+. The lowest BCUT2D eigenvalue weighted by Gasteiger charge is -2.01. The van der Waals surface area contributed by atoms with Gasteiger partial charge in [-0.1, -0.05) is 62.2 Å². The molecule has 0 amide bonds. The third kappa shape index (κ3) is 3.43. The molecule has 2 aromatic carbocycles. The van der Waals surface area contributed by atoms with Crippen molar-refractivity contribution >= 4 is 49.5 Å². The van der Waals surface area contributed by atoms with Crippen LogP contribution < -0.4 is 0 Å². The first-order valence-electron chi connectivity index (χ1n) is 7.73. The topological polar surface area (TPSA) is 29.7 Å².